The van der Waals surface area contributed by atoms with Crippen LogP contribution >= 0.6 is 11.6 Å². The van der Waals surface area contributed by atoms with Crippen LogP contribution in [0.4, 0.5) is 5.69 Å². The third kappa shape index (κ3) is 3.89. The number of amides is 1. The number of aromatic nitrogens is 1. The van der Waals surface area contributed by atoms with Crippen molar-refractivity contribution in [3.05, 3.63) is 23.0 Å². The van der Waals surface area contributed by atoms with Crippen molar-refractivity contribution in [2.24, 2.45) is 0 Å². The molecule has 1 heterocycles. The van der Waals surface area contributed by atoms with E-state index < -0.39 is 0 Å². The zero-order valence-electron chi connectivity index (χ0n) is 10.2. The summed E-state index contributed by atoms with van der Waals surface area (Å²) in [4.78, 5) is 15.8. The second-order valence-corrected chi connectivity index (χ2v) is 4.35. The predicted octanol–water partition coefficient (Wildman–Crippen LogP) is 2.63. The van der Waals surface area contributed by atoms with Crippen LogP contribution in [0.25, 0.3) is 0 Å². The van der Waals surface area contributed by atoms with Crippen molar-refractivity contribution in [2.75, 3.05) is 5.73 Å². The first-order valence-electron chi connectivity index (χ1n) is 5.80. The monoisotopic (exact) mass is 255 g/mol. The molecule has 3 N–H and O–H groups in total. The van der Waals surface area contributed by atoms with Crippen LogP contribution < -0.4 is 11.1 Å². The van der Waals surface area contributed by atoms with Crippen LogP contribution in [-0.2, 0) is 0 Å². The average Bonchev–Trinajstić information content (AvgIpc) is 2.31. The maximum Gasteiger partial charge on any atom is 0.253 e. The van der Waals surface area contributed by atoms with Gasteiger partial charge >= 0.3 is 0 Å². The maximum absolute atomic E-state index is 12.0. The third-order valence-corrected chi connectivity index (χ3v) is 2.82. The van der Waals surface area contributed by atoms with E-state index >= 15 is 0 Å². The van der Waals surface area contributed by atoms with E-state index in [1.54, 1.807) is 0 Å². The largest absolute Gasteiger partial charge is 0.397 e. The highest BCUT2D eigenvalue weighted by Gasteiger charge is 2.14. The molecule has 0 saturated carbocycles. The highest BCUT2D eigenvalue weighted by atomic mass is 35.5. The van der Waals surface area contributed by atoms with Gasteiger partial charge in [-0.05, 0) is 18.9 Å². The smallest absolute Gasteiger partial charge is 0.253 e. The Bertz CT molecular complexity index is 395. The quantitative estimate of drug-likeness (QED) is 0.795. The Hall–Kier alpha value is -1.29. The molecule has 1 rings (SSSR count). The Labute approximate surface area is 107 Å². The first kappa shape index (κ1) is 13.8. The van der Waals surface area contributed by atoms with Gasteiger partial charge in [-0.2, -0.15) is 0 Å². The van der Waals surface area contributed by atoms with Crippen LogP contribution in [-0.4, -0.2) is 16.9 Å². The molecule has 0 fully saturated rings. The molecule has 4 nitrogen and oxygen atoms in total. The minimum Gasteiger partial charge on any atom is -0.397 e. The zero-order valence-corrected chi connectivity index (χ0v) is 10.9. The van der Waals surface area contributed by atoms with E-state index in [1.165, 1.54) is 12.3 Å². The van der Waals surface area contributed by atoms with Crippen LogP contribution in [0.1, 0.15) is 43.5 Å². The molecule has 1 unspecified atom stereocenters. The van der Waals surface area contributed by atoms with E-state index in [4.69, 9.17) is 17.3 Å². The lowest BCUT2D eigenvalue weighted by atomic mass is 10.1. The lowest BCUT2D eigenvalue weighted by molar-refractivity contribution is 0.0934. The van der Waals surface area contributed by atoms with Gasteiger partial charge < -0.3 is 11.1 Å². The lowest BCUT2D eigenvalue weighted by Crippen LogP contribution is -2.34. The van der Waals surface area contributed by atoms with Crippen molar-refractivity contribution in [3.8, 4) is 0 Å². The molecule has 1 aromatic heterocycles. The minimum absolute atomic E-state index is 0.179. The topological polar surface area (TPSA) is 68.0 Å². The van der Waals surface area contributed by atoms with Crippen molar-refractivity contribution in [3.63, 3.8) is 0 Å². The van der Waals surface area contributed by atoms with Gasteiger partial charge in [0.05, 0.1) is 17.4 Å². The number of carbonyl (C=O) groups is 1. The molecule has 0 aliphatic heterocycles. The number of nitrogen functional groups attached to an aromatic ring is 1. The Balaban J connectivity index is 2.78. The Morgan fingerprint density at radius 2 is 2.29 bits per heavy atom. The van der Waals surface area contributed by atoms with E-state index in [9.17, 15) is 4.79 Å². The van der Waals surface area contributed by atoms with Gasteiger partial charge in [0, 0.05) is 6.04 Å². The number of anilines is 1. The molecule has 0 radical (unpaired) electrons. The van der Waals surface area contributed by atoms with Crippen molar-refractivity contribution < 1.29 is 4.79 Å². The fraction of sp³-hybridized carbons (Fsp3) is 0.500. The van der Waals surface area contributed by atoms with Crippen molar-refractivity contribution in [1.29, 1.82) is 0 Å². The fourth-order valence-electron chi connectivity index (χ4n) is 1.63. The van der Waals surface area contributed by atoms with Crippen molar-refractivity contribution in [2.45, 2.75) is 39.2 Å². The molecule has 0 saturated heterocycles. The molecule has 5 heteroatoms. The molecule has 17 heavy (non-hydrogen) atoms. The number of nitrogens with zero attached hydrogens (tertiary/aromatic N) is 1. The van der Waals surface area contributed by atoms with Crippen LogP contribution in [0.2, 0.25) is 5.15 Å². The van der Waals surface area contributed by atoms with Gasteiger partial charge in [-0.15, -0.1) is 0 Å². The minimum atomic E-state index is -0.188. The summed E-state index contributed by atoms with van der Waals surface area (Å²) in [6, 6.07) is 1.67. The molecule has 1 atom stereocenters. The fourth-order valence-corrected chi connectivity index (χ4v) is 1.78. The normalized spacial score (nSPS) is 12.2. The average molecular weight is 256 g/mol. The summed E-state index contributed by atoms with van der Waals surface area (Å²) in [6.07, 6.45) is 4.29. The first-order chi connectivity index (χ1) is 8.08. The maximum atomic E-state index is 12.0. The van der Waals surface area contributed by atoms with E-state index in [1.807, 2.05) is 6.92 Å². The van der Waals surface area contributed by atoms with Gasteiger partial charge in [0.2, 0.25) is 0 Å². The number of rotatable bonds is 5. The van der Waals surface area contributed by atoms with Gasteiger partial charge in [-0.3, -0.25) is 4.79 Å². The SMILES string of the molecule is CCCC(CC)NC(=O)c1cc(Cl)ncc1N. The summed E-state index contributed by atoms with van der Waals surface area (Å²) in [5.74, 6) is -0.188. The molecule has 0 spiro atoms. The van der Waals surface area contributed by atoms with E-state index in [0.29, 0.717) is 11.3 Å². The highest BCUT2D eigenvalue weighted by molar-refractivity contribution is 6.29. The third-order valence-electron chi connectivity index (χ3n) is 2.61. The van der Waals surface area contributed by atoms with Crippen LogP contribution in [0.15, 0.2) is 12.3 Å². The Morgan fingerprint density at radius 1 is 1.59 bits per heavy atom. The number of hydrogen-bond donors (Lipinski definition) is 2. The number of carbonyl (C=O) groups excluding carboxylic acids is 1. The number of nitrogens with two attached hydrogens (primary N) is 1. The second-order valence-electron chi connectivity index (χ2n) is 3.96. The van der Waals surface area contributed by atoms with Crippen molar-refractivity contribution in [1.82, 2.24) is 10.3 Å². The molecular formula is C12H18ClN3O. The second kappa shape index (κ2) is 6.45. The number of pyridine rings is 1. The summed E-state index contributed by atoms with van der Waals surface area (Å²) in [5, 5.41) is 3.22. The predicted molar refractivity (Wildman–Crippen MR) is 70.1 cm³/mol. The molecule has 0 aliphatic carbocycles. The molecule has 0 aliphatic rings. The number of hydrogen-bond acceptors (Lipinski definition) is 3. The summed E-state index contributed by atoms with van der Waals surface area (Å²) >= 11 is 5.75. The van der Waals surface area contributed by atoms with E-state index in [2.05, 4.69) is 17.2 Å². The Kier molecular flexibility index (Phi) is 5.22. The summed E-state index contributed by atoms with van der Waals surface area (Å²) in [7, 11) is 0. The van der Waals surface area contributed by atoms with Gasteiger partial charge in [-0.1, -0.05) is 31.9 Å². The molecule has 1 aromatic rings. The summed E-state index contributed by atoms with van der Waals surface area (Å²) in [6.45, 7) is 4.13. The summed E-state index contributed by atoms with van der Waals surface area (Å²) in [5.41, 5.74) is 6.43. The van der Waals surface area contributed by atoms with Gasteiger partial charge in [-0.25, -0.2) is 4.98 Å². The molecule has 0 aromatic carbocycles. The van der Waals surface area contributed by atoms with Crippen molar-refractivity contribution >= 4 is 23.2 Å². The molecule has 1 amide bonds. The molecular weight excluding hydrogens is 238 g/mol. The molecule has 94 valence electrons. The summed E-state index contributed by atoms with van der Waals surface area (Å²) < 4.78 is 0. The van der Waals surface area contributed by atoms with Gasteiger partial charge in [0.1, 0.15) is 5.15 Å². The van der Waals surface area contributed by atoms with Crippen LogP contribution in [0, 0.1) is 0 Å². The number of nitrogens with one attached hydrogen (secondary N) is 1. The number of halogens is 1. The first-order valence-corrected chi connectivity index (χ1v) is 6.18. The lowest BCUT2D eigenvalue weighted by Gasteiger charge is -2.16. The van der Waals surface area contributed by atoms with E-state index in [-0.39, 0.29) is 17.1 Å². The Morgan fingerprint density at radius 3 is 2.88 bits per heavy atom. The van der Waals surface area contributed by atoms with Crippen LogP contribution in [0.5, 0.6) is 0 Å². The van der Waals surface area contributed by atoms with Crippen LogP contribution in [0.3, 0.4) is 0 Å². The van der Waals surface area contributed by atoms with E-state index in [0.717, 1.165) is 19.3 Å². The van der Waals surface area contributed by atoms with Gasteiger partial charge in [0.15, 0.2) is 0 Å². The zero-order chi connectivity index (χ0) is 12.8. The van der Waals surface area contributed by atoms with Gasteiger partial charge in [0.25, 0.3) is 5.91 Å². The standard InChI is InChI=1S/C12H18ClN3O/c1-3-5-8(4-2)16-12(17)9-6-11(13)15-7-10(9)14/h6-8H,3-5,14H2,1-2H3,(H,16,17). The molecule has 0 bridgehead atoms. The highest BCUT2D eigenvalue weighted by Crippen LogP contribution is 2.15.